The normalized spacial score (nSPS) is 29.8. The van der Waals surface area contributed by atoms with Gasteiger partial charge in [-0.25, -0.2) is 8.78 Å². The van der Waals surface area contributed by atoms with Crippen molar-refractivity contribution >= 4 is 11.4 Å². The maximum atomic E-state index is 13.4. The molecule has 0 unspecified atom stereocenters. The van der Waals surface area contributed by atoms with Crippen LogP contribution < -0.4 is 5.73 Å². The van der Waals surface area contributed by atoms with Crippen LogP contribution in [-0.2, 0) is 22.5 Å². The molecule has 0 saturated heterocycles. The Balaban J connectivity index is 1.33. The summed E-state index contributed by atoms with van der Waals surface area (Å²) in [7, 11) is 1.73. The molecule has 0 atom stereocenters. The summed E-state index contributed by atoms with van der Waals surface area (Å²) in [6, 6.07) is 5.61. The molecule has 25 heavy (non-hydrogen) atoms. The standard InChI is InChI=1S/C19H24F2N2O2/c1-17(20,21)16-8-13-7-12(3-4-15(13)23-16)11-25-14-9-19(10-14,24-2)18(22)5-6-18/h3-4,7,14H,5-6,8-11,22H2,1-2H3. The third-order valence-corrected chi connectivity index (χ3v) is 5.95. The number of rotatable bonds is 6. The Bertz CT molecular complexity index is 717. The van der Waals surface area contributed by atoms with Gasteiger partial charge < -0.3 is 15.2 Å². The number of ether oxygens (including phenoxy) is 2. The molecule has 1 aromatic rings. The lowest BCUT2D eigenvalue weighted by atomic mass is 9.70. The number of nitrogens with two attached hydrogens (primary N) is 1. The summed E-state index contributed by atoms with van der Waals surface area (Å²) >= 11 is 0. The summed E-state index contributed by atoms with van der Waals surface area (Å²) < 4.78 is 38.5. The number of nitrogens with zero attached hydrogens (tertiary/aromatic N) is 1. The van der Waals surface area contributed by atoms with Gasteiger partial charge in [-0.1, -0.05) is 12.1 Å². The lowest BCUT2D eigenvalue weighted by Gasteiger charge is -2.50. The molecule has 2 N–H and O–H groups in total. The average molecular weight is 350 g/mol. The van der Waals surface area contributed by atoms with Crippen molar-refractivity contribution in [2.45, 2.75) is 68.8 Å². The van der Waals surface area contributed by atoms with Crippen molar-refractivity contribution in [2.24, 2.45) is 10.7 Å². The van der Waals surface area contributed by atoms with Gasteiger partial charge in [-0.15, -0.1) is 0 Å². The number of aliphatic imine (C=N–C) groups is 1. The maximum absolute atomic E-state index is 13.4. The fourth-order valence-electron chi connectivity index (χ4n) is 3.97. The topological polar surface area (TPSA) is 56.8 Å². The van der Waals surface area contributed by atoms with Gasteiger partial charge in [0.1, 0.15) is 0 Å². The molecular weight excluding hydrogens is 326 g/mol. The van der Waals surface area contributed by atoms with Gasteiger partial charge in [0.25, 0.3) is 5.92 Å². The monoisotopic (exact) mass is 350 g/mol. The summed E-state index contributed by atoms with van der Waals surface area (Å²) in [5.41, 5.74) is 8.32. The number of halogens is 2. The van der Waals surface area contributed by atoms with E-state index in [-0.39, 0.29) is 29.4 Å². The van der Waals surface area contributed by atoms with Gasteiger partial charge in [0.2, 0.25) is 0 Å². The molecule has 2 saturated carbocycles. The summed E-state index contributed by atoms with van der Waals surface area (Å²) in [4.78, 5) is 4.05. The predicted molar refractivity (Wildman–Crippen MR) is 91.6 cm³/mol. The Morgan fingerprint density at radius 2 is 2.04 bits per heavy atom. The largest absolute Gasteiger partial charge is 0.376 e. The molecule has 3 aliphatic rings. The van der Waals surface area contributed by atoms with Crippen LogP contribution in [0, 0.1) is 0 Å². The van der Waals surface area contributed by atoms with Gasteiger partial charge in [-0.2, -0.15) is 0 Å². The highest BCUT2D eigenvalue weighted by atomic mass is 19.3. The molecule has 0 amide bonds. The molecule has 2 fully saturated rings. The van der Waals surface area contributed by atoms with Gasteiger partial charge >= 0.3 is 0 Å². The van der Waals surface area contributed by atoms with E-state index in [1.807, 2.05) is 12.1 Å². The number of hydrogen-bond donors (Lipinski definition) is 1. The van der Waals surface area contributed by atoms with Gasteiger partial charge in [0.15, 0.2) is 0 Å². The lowest BCUT2D eigenvalue weighted by molar-refractivity contribution is -0.178. The molecule has 1 aromatic carbocycles. The molecule has 4 nitrogen and oxygen atoms in total. The van der Waals surface area contributed by atoms with Crippen molar-refractivity contribution in [3.63, 3.8) is 0 Å². The number of methoxy groups -OCH3 is 1. The molecule has 0 spiro atoms. The Kier molecular flexibility index (Phi) is 3.80. The van der Waals surface area contributed by atoms with Crippen molar-refractivity contribution in [1.82, 2.24) is 0 Å². The predicted octanol–water partition coefficient (Wildman–Crippen LogP) is 3.53. The van der Waals surface area contributed by atoms with Crippen molar-refractivity contribution in [3.05, 3.63) is 29.3 Å². The van der Waals surface area contributed by atoms with Crippen molar-refractivity contribution in [1.29, 1.82) is 0 Å². The quantitative estimate of drug-likeness (QED) is 0.854. The summed E-state index contributed by atoms with van der Waals surface area (Å²) in [5, 5.41) is 0. The van der Waals surface area contributed by atoms with E-state index in [9.17, 15) is 8.78 Å². The third kappa shape index (κ3) is 2.90. The number of fused-ring (bicyclic) bond motifs is 1. The summed E-state index contributed by atoms with van der Waals surface area (Å²) in [6.07, 6.45) is 4.02. The second-order valence-corrected chi connectivity index (χ2v) is 7.78. The highest BCUT2D eigenvalue weighted by Crippen LogP contribution is 2.55. The van der Waals surface area contributed by atoms with Crippen molar-refractivity contribution in [2.75, 3.05) is 7.11 Å². The van der Waals surface area contributed by atoms with Gasteiger partial charge in [-0.3, -0.25) is 4.99 Å². The Hall–Kier alpha value is -1.37. The highest BCUT2D eigenvalue weighted by molar-refractivity contribution is 5.98. The van der Waals surface area contributed by atoms with E-state index >= 15 is 0 Å². The average Bonchev–Trinajstić information content (AvgIpc) is 3.10. The van der Waals surface area contributed by atoms with E-state index in [2.05, 4.69) is 4.99 Å². The molecule has 0 radical (unpaired) electrons. The van der Waals surface area contributed by atoms with Crippen LogP contribution >= 0.6 is 0 Å². The Morgan fingerprint density at radius 3 is 2.64 bits per heavy atom. The minimum Gasteiger partial charge on any atom is -0.376 e. The fraction of sp³-hybridized carbons (Fsp3) is 0.632. The van der Waals surface area contributed by atoms with Crippen LogP contribution in [0.3, 0.4) is 0 Å². The first-order valence-corrected chi connectivity index (χ1v) is 8.78. The number of hydrogen-bond acceptors (Lipinski definition) is 4. The zero-order chi connectivity index (χ0) is 17.9. The second kappa shape index (κ2) is 5.56. The first kappa shape index (κ1) is 17.1. The van der Waals surface area contributed by atoms with Gasteiger partial charge in [0, 0.05) is 38.8 Å². The summed E-state index contributed by atoms with van der Waals surface area (Å²) in [5.74, 6) is -2.87. The maximum Gasteiger partial charge on any atom is 0.283 e. The smallest absolute Gasteiger partial charge is 0.283 e. The van der Waals surface area contributed by atoms with Crippen molar-refractivity contribution in [3.8, 4) is 0 Å². The van der Waals surface area contributed by atoms with E-state index in [1.165, 1.54) is 0 Å². The van der Waals surface area contributed by atoms with Gasteiger partial charge in [-0.05, 0) is 30.0 Å². The van der Waals surface area contributed by atoms with Crippen LogP contribution in [0.25, 0.3) is 0 Å². The fourth-order valence-corrected chi connectivity index (χ4v) is 3.97. The molecule has 1 heterocycles. The number of benzene rings is 1. The third-order valence-electron chi connectivity index (χ3n) is 5.95. The van der Waals surface area contributed by atoms with E-state index in [4.69, 9.17) is 15.2 Å². The van der Waals surface area contributed by atoms with Crippen LogP contribution in [0.15, 0.2) is 23.2 Å². The van der Waals surface area contributed by atoms with E-state index in [1.54, 1.807) is 13.2 Å². The van der Waals surface area contributed by atoms with Crippen LogP contribution in [0.4, 0.5) is 14.5 Å². The lowest BCUT2D eigenvalue weighted by Crippen LogP contribution is -2.62. The molecule has 136 valence electrons. The molecule has 2 aliphatic carbocycles. The first-order chi connectivity index (χ1) is 11.7. The molecular formula is C19H24F2N2O2. The SMILES string of the molecule is COC1(C2(N)CC2)CC(OCc2ccc3c(c2)CC(C(C)(F)F)=N3)C1. The van der Waals surface area contributed by atoms with E-state index in [0.717, 1.165) is 43.7 Å². The summed E-state index contributed by atoms with van der Waals surface area (Å²) in [6.45, 7) is 1.36. The minimum absolute atomic E-state index is 0.0675. The van der Waals surface area contributed by atoms with Crippen LogP contribution in [0.1, 0.15) is 43.7 Å². The molecule has 6 heteroatoms. The minimum atomic E-state index is -2.87. The number of alkyl halides is 2. The van der Waals surface area contributed by atoms with Crippen LogP contribution in [-0.4, -0.2) is 36.0 Å². The zero-order valence-corrected chi connectivity index (χ0v) is 14.6. The molecule has 0 aromatic heterocycles. The Labute approximate surface area is 146 Å². The molecule has 0 bridgehead atoms. The second-order valence-electron chi connectivity index (χ2n) is 7.78. The Morgan fingerprint density at radius 1 is 1.32 bits per heavy atom. The van der Waals surface area contributed by atoms with E-state index in [0.29, 0.717) is 12.3 Å². The van der Waals surface area contributed by atoms with Crippen LogP contribution in [0.2, 0.25) is 0 Å². The van der Waals surface area contributed by atoms with E-state index < -0.39 is 5.92 Å². The van der Waals surface area contributed by atoms with Crippen LogP contribution in [0.5, 0.6) is 0 Å². The van der Waals surface area contributed by atoms with Gasteiger partial charge in [0.05, 0.1) is 29.7 Å². The molecule has 1 aliphatic heterocycles. The zero-order valence-electron chi connectivity index (χ0n) is 14.6. The molecule has 4 rings (SSSR count). The first-order valence-electron chi connectivity index (χ1n) is 8.78. The van der Waals surface area contributed by atoms with Crippen molar-refractivity contribution < 1.29 is 18.3 Å². The highest BCUT2D eigenvalue weighted by Gasteiger charge is 2.63.